The summed E-state index contributed by atoms with van der Waals surface area (Å²) in [4.78, 5) is 1.21. The molecule has 1 aliphatic carbocycles. The molecule has 0 saturated heterocycles. The SMILES string of the molecule is CC1CC(C)CC(OCc2sccc2C#CCCO)C1. The highest BCUT2D eigenvalue weighted by Crippen LogP contribution is 2.31. The first-order valence-electron chi connectivity index (χ1n) is 7.46. The number of aliphatic hydroxyl groups excluding tert-OH is 1. The predicted molar refractivity (Wildman–Crippen MR) is 83.7 cm³/mol. The van der Waals surface area contributed by atoms with Crippen molar-refractivity contribution in [2.24, 2.45) is 11.8 Å². The normalized spacial score (nSPS) is 26.1. The minimum absolute atomic E-state index is 0.126. The summed E-state index contributed by atoms with van der Waals surface area (Å²) in [5, 5.41) is 10.8. The molecule has 0 aromatic carbocycles. The lowest BCUT2D eigenvalue weighted by Gasteiger charge is -2.31. The molecule has 1 fully saturated rings. The highest BCUT2D eigenvalue weighted by molar-refractivity contribution is 7.10. The van der Waals surface area contributed by atoms with E-state index < -0.39 is 0 Å². The molecule has 1 N–H and O–H groups in total. The Morgan fingerprint density at radius 1 is 1.30 bits per heavy atom. The van der Waals surface area contributed by atoms with Crippen molar-refractivity contribution in [3.63, 3.8) is 0 Å². The third-order valence-corrected chi connectivity index (χ3v) is 4.69. The van der Waals surface area contributed by atoms with Crippen LogP contribution in [-0.2, 0) is 11.3 Å². The minimum Gasteiger partial charge on any atom is -0.395 e. The van der Waals surface area contributed by atoms with Gasteiger partial charge in [-0.05, 0) is 42.5 Å². The molecule has 1 heterocycles. The molecule has 3 heteroatoms. The van der Waals surface area contributed by atoms with Crippen molar-refractivity contribution in [3.8, 4) is 11.8 Å². The van der Waals surface area contributed by atoms with E-state index in [-0.39, 0.29) is 6.61 Å². The molecule has 0 spiro atoms. The van der Waals surface area contributed by atoms with E-state index in [2.05, 4.69) is 31.1 Å². The fourth-order valence-electron chi connectivity index (χ4n) is 2.98. The molecule has 1 saturated carbocycles. The molecule has 2 rings (SSSR count). The molecule has 20 heavy (non-hydrogen) atoms. The van der Waals surface area contributed by atoms with Crippen molar-refractivity contribution in [3.05, 3.63) is 21.9 Å². The fraction of sp³-hybridized carbons (Fsp3) is 0.647. The topological polar surface area (TPSA) is 29.5 Å². The van der Waals surface area contributed by atoms with Gasteiger partial charge in [0.15, 0.2) is 0 Å². The number of hydrogen-bond acceptors (Lipinski definition) is 3. The Kier molecular flexibility index (Phi) is 6.09. The van der Waals surface area contributed by atoms with E-state index in [1.807, 2.05) is 6.07 Å². The van der Waals surface area contributed by atoms with Gasteiger partial charge in [-0.25, -0.2) is 0 Å². The lowest BCUT2D eigenvalue weighted by Crippen LogP contribution is -2.26. The second-order valence-corrected chi connectivity index (χ2v) is 6.88. The van der Waals surface area contributed by atoms with Gasteiger partial charge in [0.05, 0.1) is 19.3 Å². The number of aliphatic hydroxyl groups is 1. The van der Waals surface area contributed by atoms with Gasteiger partial charge < -0.3 is 9.84 Å². The van der Waals surface area contributed by atoms with Crippen LogP contribution in [0, 0.1) is 23.7 Å². The van der Waals surface area contributed by atoms with Gasteiger partial charge in [-0.15, -0.1) is 11.3 Å². The molecule has 2 unspecified atom stereocenters. The van der Waals surface area contributed by atoms with E-state index in [9.17, 15) is 0 Å². The van der Waals surface area contributed by atoms with Crippen molar-refractivity contribution in [1.29, 1.82) is 0 Å². The van der Waals surface area contributed by atoms with Crippen LogP contribution >= 0.6 is 11.3 Å². The van der Waals surface area contributed by atoms with Crippen LogP contribution in [0.5, 0.6) is 0 Å². The van der Waals surface area contributed by atoms with Gasteiger partial charge in [0.2, 0.25) is 0 Å². The Bertz CT molecular complexity index is 459. The molecule has 2 atom stereocenters. The quantitative estimate of drug-likeness (QED) is 0.855. The summed E-state index contributed by atoms with van der Waals surface area (Å²) in [5.41, 5.74) is 1.06. The summed E-state index contributed by atoms with van der Waals surface area (Å²) in [5.74, 6) is 7.65. The summed E-state index contributed by atoms with van der Waals surface area (Å²) in [7, 11) is 0. The van der Waals surface area contributed by atoms with Crippen molar-refractivity contribution >= 4 is 11.3 Å². The van der Waals surface area contributed by atoms with Crippen LogP contribution in [0.2, 0.25) is 0 Å². The Labute approximate surface area is 126 Å². The molecule has 1 aliphatic rings. The Morgan fingerprint density at radius 2 is 2.05 bits per heavy atom. The monoisotopic (exact) mass is 292 g/mol. The van der Waals surface area contributed by atoms with E-state index in [4.69, 9.17) is 9.84 Å². The third-order valence-electron chi connectivity index (χ3n) is 3.79. The van der Waals surface area contributed by atoms with Crippen LogP contribution in [0.1, 0.15) is 50.0 Å². The van der Waals surface area contributed by atoms with E-state index in [0.717, 1.165) is 17.4 Å². The maximum atomic E-state index is 8.76. The van der Waals surface area contributed by atoms with E-state index >= 15 is 0 Å². The molecule has 0 radical (unpaired) electrons. The standard InChI is InChI=1S/C17H24O2S/c1-13-9-14(2)11-16(10-13)19-12-17-15(6-8-20-17)5-3-4-7-18/h6,8,13-14,16,18H,4,7,9-12H2,1-2H3. The second kappa shape index (κ2) is 7.83. The smallest absolute Gasteiger partial charge is 0.0825 e. The van der Waals surface area contributed by atoms with Crippen molar-refractivity contribution < 1.29 is 9.84 Å². The Balaban J connectivity index is 1.88. The van der Waals surface area contributed by atoms with E-state index in [1.54, 1.807) is 11.3 Å². The zero-order valence-electron chi connectivity index (χ0n) is 12.4. The maximum absolute atomic E-state index is 8.76. The Hall–Kier alpha value is -0.820. The summed E-state index contributed by atoms with van der Waals surface area (Å²) in [6.07, 6.45) is 4.63. The van der Waals surface area contributed by atoms with Crippen LogP contribution in [0.3, 0.4) is 0 Å². The zero-order chi connectivity index (χ0) is 14.4. The number of ether oxygens (including phenoxy) is 1. The van der Waals surface area contributed by atoms with Crippen LogP contribution in [-0.4, -0.2) is 17.8 Å². The first kappa shape index (κ1) is 15.6. The first-order chi connectivity index (χ1) is 9.69. The first-order valence-corrected chi connectivity index (χ1v) is 8.34. The van der Waals surface area contributed by atoms with Crippen molar-refractivity contribution in [1.82, 2.24) is 0 Å². The van der Waals surface area contributed by atoms with Gasteiger partial charge >= 0.3 is 0 Å². The number of thiophene rings is 1. The molecular weight excluding hydrogens is 268 g/mol. The summed E-state index contributed by atoms with van der Waals surface area (Å²) >= 11 is 1.71. The minimum atomic E-state index is 0.126. The molecule has 0 amide bonds. The molecule has 2 nitrogen and oxygen atoms in total. The van der Waals surface area contributed by atoms with Crippen LogP contribution in [0.25, 0.3) is 0 Å². The summed E-state index contributed by atoms with van der Waals surface area (Å²) in [6, 6.07) is 2.04. The molecule has 0 bridgehead atoms. The third kappa shape index (κ3) is 4.63. The van der Waals surface area contributed by atoms with Gasteiger partial charge in [0.1, 0.15) is 0 Å². The molecule has 110 valence electrons. The predicted octanol–water partition coefficient (Wildman–Crippen LogP) is 3.82. The Morgan fingerprint density at radius 3 is 2.75 bits per heavy atom. The van der Waals surface area contributed by atoms with Gasteiger partial charge in [0.25, 0.3) is 0 Å². The average Bonchev–Trinajstić information content (AvgIpc) is 2.83. The summed E-state index contributed by atoms with van der Waals surface area (Å²) < 4.78 is 6.11. The van der Waals surface area contributed by atoms with Gasteiger partial charge in [-0.1, -0.05) is 25.7 Å². The van der Waals surface area contributed by atoms with Gasteiger partial charge in [-0.2, -0.15) is 0 Å². The summed E-state index contributed by atoms with van der Waals surface area (Å²) in [6.45, 7) is 5.44. The fourth-order valence-corrected chi connectivity index (χ4v) is 3.73. The highest BCUT2D eigenvalue weighted by atomic mass is 32.1. The molecule has 1 aromatic heterocycles. The van der Waals surface area contributed by atoms with Crippen molar-refractivity contribution in [2.45, 2.75) is 52.2 Å². The van der Waals surface area contributed by atoms with Crippen molar-refractivity contribution in [2.75, 3.05) is 6.61 Å². The molecule has 0 aliphatic heterocycles. The van der Waals surface area contributed by atoms with Crippen LogP contribution in [0.15, 0.2) is 11.4 Å². The highest BCUT2D eigenvalue weighted by Gasteiger charge is 2.24. The zero-order valence-corrected chi connectivity index (χ0v) is 13.2. The second-order valence-electron chi connectivity index (χ2n) is 5.88. The van der Waals surface area contributed by atoms with Crippen LogP contribution < -0.4 is 0 Å². The average molecular weight is 292 g/mol. The number of rotatable bonds is 4. The van der Waals surface area contributed by atoms with E-state index in [1.165, 1.54) is 24.1 Å². The molecular formula is C17H24O2S. The van der Waals surface area contributed by atoms with Gasteiger partial charge in [-0.3, -0.25) is 0 Å². The van der Waals surface area contributed by atoms with E-state index in [0.29, 0.717) is 19.1 Å². The largest absolute Gasteiger partial charge is 0.395 e. The molecule has 1 aromatic rings. The number of hydrogen-bond donors (Lipinski definition) is 1. The maximum Gasteiger partial charge on any atom is 0.0825 e. The van der Waals surface area contributed by atoms with Gasteiger partial charge in [0, 0.05) is 16.9 Å². The lowest BCUT2D eigenvalue weighted by molar-refractivity contribution is -0.00809. The van der Waals surface area contributed by atoms with Crippen LogP contribution in [0.4, 0.5) is 0 Å². The lowest BCUT2D eigenvalue weighted by atomic mass is 9.82.